The van der Waals surface area contributed by atoms with Crippen LogP contribution in [0.2, 0.25) is 0 Å². The molecule has 5 nitrogen and oxygen atoms in total. The summed E-state index contributed by atoms with van der Waals surface area (Å²) in [6.07, 6.45) is 0. The summed E-state index contributed by atoms with van der Waals surface area (Å²) in [4.78, 5) is 19.7. The van der Waals surface area contributed by atoms with Crippen LogP contribution in [0.4, 0.5) is 5.69 Å². The molecule has 5 heteroatoms. The molecule has 0 fully saturated rings. The Labute approximate surface area is 102 Å². The lowest BCUT2D eigenvalue weighted by Crippen LogP contribution is -1.97. The van der Waals surface area contributed by atoms with E-state index < -0.39 is 5.97 Å². The van der Waals surface area contributed by atoms with Crippen LogP contribution in [0.15, 0.2) is 36.4 Å². The molecule has 0 spiro atoms. The van der Waals surface area contributed by atoms with Crippen molar-refractivity contribution in [1.29, 1.82) is 0 Å². The Hall–Kier alpha value is -2.69. The highest BCUT2D eigenvalue weighted by Crippen LogP contribution is 2.19. The van der Waals surface area contributed by atoms with Crippen LogP contribution >= 0.6 is 0 Å². The van der Waals surface area contributed by atoms with E-state index >= 15 is 0 Å². The monoisotopic (exact) mass is 239 g/mol. The third-order valence-electron chi connectivity index (χ3n) is 2.70. The van der Waals surface area contributed by atoms with Gasteiger partial charge in [0, 0.05) is 5.69 Å². The van der Waals surface area contributed by atoms with Gasteiger partial charge in [0.1, 0.15) is 0 Å². The van der Waals surface area contributed by atoms with Crippen molar-refractivity contribution in [2.24, 2.45) is 0 Å². The molecule has 0 aliphatic heterocycles. The van der Waals surface area contributed by atoms with E-state index in [9.17, 15) is 4.79 Å². The van der Waals surface area contributed by atoms with Crippen LogP contribution in [-0.2, 0) is 0 Å². The molecule has 0 atom stereocenters. The van der Waals surface area contributed by atoms with Crippen LogP contribution in [-0.4, -0.2) is 21.0 Å². The third kappa shape index (κ3) is 1.62. The van der Waals surface area contributed by atoms with Crippen molar-refractivity contribution in [3.8, 4) is 0 Å². The molecule has 1 aromatic heterocycles. The average Bonchev–Trinajstić information content (AvgIpc) is 2.35. The lowest BCUT2D eigenvalue weighted by Gasteiger charge is -2.02. The second kappa shape index (κ2) is 3.66. The quantitative estimate of drug-likeness (QED) is 0.501. The molecule has 3 aromatic rings. The molecule has 3 N–H and O–H groups in total. The van der Waals surface area contributed by atoms with E-state index in [1.165, 1.54) is 12.1 Å². The van der Waals surface area contributed by atoms with Gasteiger partial charge in [-0.1, -0.05) is 0 Å². The van der Waals surface area contributed by atoms with Crippen molar-refractivity contribution < 1.29 is 9.90 Å². The van der Waals surface area contributed by atoms with Crippen LogP contribution in [0.25, 0.3) is 22.1 Å². The number of carboxylic acid groups (broad SMARTS) is 1. The van der Waals surface area contributed by atoms with Gasteiger partial charge >= 0.3 is 5.97 Å². The lowest BCUT2D eigenvalue weighted by atomic mass is 10.2. The summed E-state index contributed by atoms with van der Waals surface area (Å²) < 4.78 is 0. The van der Waals surface area contributed by atoms with Crippen molar-refractivity contribution in [2.75, 3.05) is 5.73 Å². The first-order chi connectivity index (χ1) is 8.63. The smallest absolute Gasteiger partial charge is 0.335 e. The Bertz CT molecular complexity index is 784. The maximum absolute atomic E-state index is 10.9. The van der Waals surface area contributed by atoms with Crippen LogP contribution in [0.5, 0.6) is 0 Å². The number of fused-ring (bicyclic) bond motifs is 2. The van der Waals surface area contributed by atoms with Crippen LogP contribution in [0.1, 0.15) is 10.4 Å². The molecule has 0 bridgehead atoms. The van der Waals surface area contributed by atoms with Gasteiger partial charge < -0.3 is 10.8 Å². The first-order valence-corrected chi connectivity index (χ1v) is 5.34. The average molecular weight is 239 g/mol. The van der Waals surface area contributed by atoms with E-state index in [1.54, 1.807) is 24.3 Å². The van der Waals surface area contributed by atoms with Gasteiger partial charge in [0.05, 0.1) is 27.6 Å². The molecule has 0 saturated heterocycles. The number of benzene rings is 2. The summed E-state index contributed by atoms with van der Waals surface area (Å²) in [5.41, 5.74) is 9.09. The molecule has 0 radical (unpaired) electrons. The second-order valence-corrected chi connectivity index (χ2v) is 3.98. The van der Waals surface area contributed by atoms with Gasteiger partial charge in [-0.05, 0) is 36.4 Å². The summed E-state index contributed by atoms with van der Waals surface area (Å²) in [7, 11) is 0. The summed E-state index contributed by atoms with van der Waals surface area (Å²) in [5, 5.41) is 8.93. The molecular formula is C13H9N3O2. The normalized spacial score (nSPS) is 10.9. The molecule has 1 heterocycles. The molecule has 88 valence electrons. The van der Waals surface area contributed by atoms with Crippen molar-refractivity contribution >= 4 is 33.7 Å². The predicted octanol–water partition coefficient (Wildman–Crippen LogP) is 2.06. The molecule has 3 rings (SSSR count). The van der Waals surface area contributed by atoms with E-state index in [-0.39, 0.29) is 5.56 Å². The molecule has 0 aliphatic rings. The van der Waals surface area contributed by atoms with Crippen LogP contribution in [0.3, 0.4) is 0 Å². The topological polar surface area (TPSA) is 89.1 Å². The van der Waals surface area contributed by atoms with Crippen molar-refractivity contribution in [2.45, 2.75) is 0 Å². The molecule has 2 aromatic carbocycles. The van der Waals surface area contributed by atoms with Crippen molar-refractivity contribution in [3.05, 3.63) is 42.0 Å². The number of nitrogens with zero attached hydrogens (tertiary/aromatic N) is 2. The number of rotatable bonds is 1. The standard InChI is InChI=1S/C13H9N3O2/c14-8-2-4-10-12(6-8)16-11-5-7(13(17)18)1-3-9(11)15-10/h1-6H,14H2,(H,17,18). The molecule has 18 heavy (non-hydrogen) atoms. The van der Waals surface area contributed by atoms with Gasteiger partial charge in [-0.2, -0.15) is 0 Å². The van der Waals surface area contributed by atoms with E-state index in [0.29, 0.717) is 22.2 Å². The van der Waals surface area contributed by atoms with Crippen LogP contribution < -0.4 is 5.73 Å². The second-order valence-electron chi connectivity index (χ2n) is 3.98. The van der Waals surface area contributed by atoms with Gasteiger partial charge in [-0.3, -0.25) is 0 Å². The highest BCUT2D eigenvalue weighted by atomic mass is 16.4. The minimum Gasteiger partial charge on any atom is -0.478 e. The summed E-state index contributed by atoms with van der Waals surface area (Å²) in [6.45, 7) is 0. The Kier molecular flexibility index (Phi) is 2.13. The number of nitrogen functional groups attached to an aromatic ring is 1. The summed E-state index contributed by atoms with van der Waals surface area (Å²) >= 11 is 0. The Morgan fingerprint density at radius 3 is 2.28 bits per heavy atom. The number of carbonyl (C=O) groups is 1. The number of aromatic carboxylic acids is 1. The van der Waals surface area contributed by atoms with Crippen molar-refractivity contribution in [1.82, 2.24) is 9.97 Å². The zero-order valence-corrected chi connectivity index (χ0v) is 9.29. The van der Waals surface area contributed by atoms with Crippen LogP contribution in [0, 0.1) is 0 Å². The van der Waals surface area contributed by atoms with Gasteiger partial charge in [-0.15, -0.1) is 0 Å². The predicted molar refractivity (Wildman–Crippen MR) is 68.4 cm³/mol. The van der Waals surface area contributed by atoms with E-state index in [1.807, 2.05) is 0 Å². The van der Waals surface area contributed by atoms with E-state index in [2.05, 4.69) is 9.97 Å². The molecule has 0 aliphatic carbocycles. The number of anilines is 1. The number of aromatic nitrogens is 2. The zero-order valence-electron chi connectivity index (χ0n) is 9.29. The number of carboxylic acids is 1. The Balaban J connectivity index is 2.35. The summed E-state index contributed by atoms with van der Waals surface area (Å²) in [5.74, 6) is -0.980. The highest BCUT2D eigenvalue weighted by Gasteiger charge is 2.06. The molecule has 0 unspecified atom stereocenters. The fraction of sp³-hybridized carbons (Fsp3) is 0. The van der Waals surface area contributed by atoms with Gasteiger partial charge in [-0.25, -0.2) is 14.8 Å². The maximum atomic E-state index is 10.9. The van der Waals surface area contributed by atoms with E-state index in [0.717, 1.165) is 5.52 Å². The minimum atomic E-state index is -0.980. The first kappa shape index (κ1) is 10.5. The number of nitrogens with two attached hydrogens (primary N) is 1. The minimum absolute atomic E-state index is 0.194. The molecule has 0 amide bonds. The fourth-order valence-corrected chi connectivity index (χ4v) is 1.82. The van der Waals surface area contributed by atoms with Gasteiger partial charge in [0.2, 0.25) is 0 Å². The van der Waals surface area contributed by atoms with E-state index in [4.69, 9.17) is 10.8 Å². The largest absolute Gasteiger partial charge is 0.478 e. The van der Waals surface area contributed by atoms with Gasteiger partial charge in [0.25, 0.3) is 0 Å². The number of hydrogen-bond acceptors (Lipinski definition) is 4. The Morgan fingerprint density at radius 2 is 1.56 bits per heavy atom. The fourth-order valence-electron chi connectivity index (χ4n) is 1.82. The number of hydrogen-bond donors (Lipinski definition) is 2. The van der Waals surface area contributed by atoms with Crippen molar-refractivity contribution in [3.63, 3.8) is 0 Å². The lowest BCUT2D eigenvalue weighted by molar-refractivity contribution is 0.0697. The maximum Gasteiger partial charge on any atom is 0.335 e. The first-order valence-electron chi connectivity index (χ1n) is 5.34. The SMILES string of the molecule is Nc1ccc2nc3ccc(C(=O)O)cc3nc2c1. The third-order valence-corrected chi connectivity index (χ3v) is 2.70. The zero-order chi connectivity index (χ0) is 12.7. The highest BCUT2D eigenvalue weighted by molar-refractivity contribution is 5.94. The Morgan fingerprint density at radius 1 is 0.944 bits per heavy atom. The molecule has 0 saturated carbocycles. The van der Waals surface area contributed by atoms with Gasteiger partial charge in [0.15, 0.2) is 0 Å². The molecular weight excluding hydrogens is 230 g/mol. The summed E-state index contributed by atoms with van der Waals surface area (Å²) in [6, 6.07) is 9.95.